The number of hydrogen-bond donors (Lipinski definition) is 1. The van der Waals surface area contributed by atoms with E-state index in [1.807, 2.05) is 40.1 Å². The summed E-state index contributed by atoms with van der Waals surface area (Å²) in [6, 6.07) is 8.36. The van der Waals surface area contributed by atoms with Crippen LogP contribution in [0.3, 0.4) is 0 Å². The number of methoxy groups -OCH3 is 1. The Bertz CT molecular complexity index is 1470. The Morgan fingerprint density at radius 2 is 2.05 bits per heavy atom. The van der Waals surface area contributed by atoms with Gasteiger partial charge in [0.05, 0.1) is 35.9 Å². The van der Waals surface area contributed by atoms with Gasteiger partial charge in [0.25, 0.3) is 0 Å². The fraction of sp³-hybridized carbons (Fsp3) is 0.448. The molecule has 3 aromatic heterocycles. The molecule has 40 heavy (non-hydrogen) atoms. The molecule has 1 aliphatic heterocycles. The van der Waals surface area contributed by atoms with Crippen LogP contribution < -0.4 is 5.32 Å². The summed E-state index contributed by atoms with van der Waals surface area (Å²) in [5.41, 5.74) is 5.23. The minimum Gasteiger partial charge on any atom is -0.383 e. The highest BCUT2D eigenvalue weighted by molar-refractivity contribution is 5.94. The van der Waals surface area contributed by atoms with E-state index in [9.17, 15) is 4.79 Å². The normalized spacial score (nSPS) is 16.0. The van der Waals surface area contributed by atoms with Crippen molar-refractivity contribution in [3.8, 4) is 11.3 Å². The Morgan fingerprint density at radius 1 is 1.20 bits per heavy atom. The van der Waals surface area contributed by atoms with Crippen LogP contribution >= 0.6 is 0 Å². The number of nitrogens with one attached hydrogen (secondary N) is 1. The highest BCUT2D eigenvalue weighted by atomic mass is 16.5. The SMILES string of the molecule is COCCN1CC[C@@H](CC(=O)c2cn(C(C)(C)C)nn2)c2ccc(-c3ccnc(Nc4cnn(C)c4)n3)cc2C1. The molecule has 0 saturated heterocycles. The van der Waals surface area contributed by atoms with Gasteiger partial charge in [0, 0.05) is 51.6 Å². The third-order valence-corrected chi connectivity index (χ3v) is 7.19. The van der Waals surface area contributed by atoms with Crippen molar-refractivity contribution < 1.29 is 9.53 Å². The van der Waals surface area contributed by atoms with Crippen molar-refractivity contribution in [2.24, 2.45) is 7.05 Å². The monoisotopic (exact) mass is 543 g/mol. The van der Waals surface area contributed by atoms with Crippen LogP contribution in [0.2, 0.25) is 0 Å². The van der Waals surface area contributed by atoms with Gasteiger partial charge in [-0.25, -0.2) is 14.6 Å². The van der Waals surface area contributed by atoms with E-state index < -0.39 is 0 Å². The number of fused-ring (bicyclic) bond motifs is 1. The number of aromatic nitrogens is 7. The van der Waals surface area contributed by atoms with E-state index in [1.54, 1.807) is 35.1 Å². The predicted octanol–water partition coefficient (Wildman–Crippen LogP) is 4.18. The van der Waals surface area contributed by atoms with Gasteiger partial charge in [0.1, 0.15) is 5.69 Å². The number of carbonyl (C=O) groups excluding carboxylic acids is 1. The van der Waals surface area contributed by atoms with Crippen molar-refractivity contribution in [3.63, 3.8) is 0 Å². The zero-order valence-electron chi connectivity index (χ0n) is 23.8. The van der Waals surface area contributed by atoms with Crippen molar-refractivity contribution in [1.82, 2.24) is 39.6 Å². The maximum absolute atomic E-state index is 13.3. The molecular weight excluding hydrogens is 506 g/mol. The second-order valence-electron chi connectivity index (χ2n) is 11.3. The lowest BCUT2D eigenvalue weighted by molar-refractivity contribution is 0.0964. The topological polar surface area (TPSA) is 116 Å². The number of carbonyl (C=O) groups is 1. The first-order chi connectivity index (χ1) is 19.2. The van der Waals surface area contributed by atoms with Crippen molar-refractivity contribution in [3.05, 3.63) is 65.9 Å². The lowest BCUT2D eigenvalue weighted by atomic mass is 9.87. The molecule has 4 heterocycles. The molecule has 210 valence electrons. The summed E-state index contributed by atoms with van der Waals surface area (Å²) in [6.45, 7) is 9.27. The first-order valence-corrected chi connectivity index (χ1v) is 13.6. The van der Waals surface area contributed by atoms with Crippen molar-refractivity contribution >= 4 is 17.4 Å². The molecular formula is C29H37N9O2. The summed E-state index contributed by atoms with van der Waals surface area (Å²) in [5, 5.41) is 15.8. The highest BCUT2D eigenvalue weighted by Gasteiger charge is 2.27. The lowest BCUT2D eigenvalue weighted by Gasteiger charge is -2.20. The van der Waals surface area contributed by atoms with Crippen LogP contribution in [0.25, 0.3) is 11.3 Å². The molecule has 1 aliphatic rings. The van der Waals surface area contributed by atoms with E-state index in [0.29, 0.717) is 24.7 Å². The summed E-state index contributed by atoms with van der Waals surface area (Å²) in [7, 11) is 3.59. The maximum atomic E-state index is 13.3. The van der Waals surface area contributed by atoms with Gasteiger partial charge in [-0.2, -0.15) is 5.10 Å². The number of Topliss-reactive ketones (excluding diaryl/α,β-unsaturated/α-hetero) is 1. The van der Waals surface area contributed by atoms with Crippen LogP contribution in [0.15, 0.2) is 49.1 Å². The first-order valence-electron chi connectivity index (χ1n) is 13.6. The number of ketones is 1. The number of rotatable bonds is 9. The van der Waals surface area contributed by atoms with Crippen LogP contribution in [0.5, 0.6) is 0 Å². The lowest BCUT2D eigenvalue weighted by Crippen LogP contribution is -2.27. The third kappa shape index (κ3) is 6.43. The maximum Gasteiger partial charge on any atom is 0.227 e. The molecule has 0 saturated carbocycles. The van der Waals surface area contributed by atoms with E-state index >= 15 is 0 Å². The molecule has 11 heteroatoms. The molecule has 1 aromatic carbocycles. The van der Waals surface area contributed by atoms with Crippen LogP contribution in [0.4, 0.5) is 11.6 Å². The van der Waals surface area contributed by atoms with E-state index in [4.69, 9.17) is 9.72 Å². The average molecular weight is 544 g/mol. The Morgan fingerprint density at radius 3 is 2.77 bits per heavy atom. The molecule has 4 aromatic rings. The van der Waals surface area contributed by atoms with E-state index in [1.165, 1.54) is 11.1 Å². The highest BCUT2D eigenvalue weighted by Crippen LogP contribution is 2.34. The smallest absolute Gasteiger partial charge is 0.227 e. The molecule has 11 nitrogen and oxygen atoms in total. The molecule has 0 unspecified atom stereocenters. The standard InChI is InChI=1S/C29H37N9O2/c1-29(2,3)38-19-26(34-35-38)27(39)15-20-9-11-37(12-13-40-5)17-22-14-21(6-7-24(20)22)25-8-10-30-28(33-25)32-23-16-31-36(4)18-23/h6-8,10,14,16,18-20H,9,11-13,15,17H2,1-5H3,(H,30,32,33)/t20-/m0/s1. The van der Waals surface area contributed by atoms with Gasteiger partial charge < -0.3 is 10.1 Å². The molecule has 1 atom stereocenters. The van der Waals surface area contributed by atoms with Gasteiger partial charge in [-0.05, 0) is 62.9 Å². The summed E-state index contributed by atoms with van der Waals surface area (Å²) in [5.74, 6) is 0.605. The molecule has 0 fully saturated rings. The van der Waals surface area contributed by atoms with Crippen LogP contribution in [0.1, 0.15) is 61.1 Å². The van der Waals surface area contributed by atoms with E-state index in [-0.39, 0.29) is 17.2 Å². The number of hydrogen-bond acceptors (Lipinski definition) is 9. The molecule has 1 N–H and O–H groups in total. The number of benzene rings is 1. The van der Waals surface area contributed by atoms with Gasteiger partial charge in [0.2, 0.25) is 5.95 Å². The number of nitrogens with zero attached hydrogens (tertiary/aromatic N) is 8. The summed E-state index contributed by atoms with van der Waals surface area (Å²) in [6.07, 6.45) is 8.39. The average Bonchev–Trinajstić information content (AvgIpc) is 3.55. The van der Waals surface area contributed by atoms with Crippen molar-refractivity contribution in [1.29, 1.82) is 0 Å². The van der Waals surface area contributed by atoms with Crippen molar-refractivity contribution in [2.75, 3.05) is 32.1 Å². The van der Waals surface area contributed by atoms with Crippen LogP contribution in [-0.2, 0) is 23.9 Å². The van der Waals surface area contributed by atoms with E-state index in [2.05, 4.69) is 48.8 Å². The summed E-state index contributed by atoms with van der Waals surface area (Å²) in [4.78, 5) is 24.8. The largest absolute Gasteiger partial charge is 0.383 e. The zero-order valence-corrected chi connectivity index (χ0v) is 23.8. The number of anilines is 2. The van der Waals surface area contributed by atoms with Gasteiger partial charge in [-0.3, -0.25) is 14.4 Å². The Labute approximate surface area is 234 Å². The molecule has 0 amide bonds. The fourth-order valence-corrected chi connectivity index (χ4v) is 4.98. The quantitative estimate of drug-likeness (QED) is 0.310. The number of aryl methyl sites for hydroxylation is 1. The van der Waals surface area contributed by atoms with Gasteiger partial charge in [-0.15, -0.1) is 5.10 Å². The summed E-state index contributed by atoms with van der Waals surface area (Å²) < 4.78 is 8.84. The molecule has 5 rings (SSSR count). The van der Waals surface area contributed by atoms with Crippen molar-refractivity contribution in [2.45, 2.75) is 51.6 Å². The van der Waals surface area contributed by atoms with Crippen LogP contribution in [0, 0.1) is 0 Å². The summed E-state index contributed by atoms with van der Waals surface area (Å²) >= 11 is 0. The fourth-order valence-electron chi connectivity index (χ4n) is 4.98. The molecule has 0 aliphatic carbocycles. The first kappa shape index (κ1) is 27.6. The minimum atomic E-state index is -0.229. The Balaban J connectivity index is 1.41. The molecule has 0 bridgehead atoms. The second kappa shape index (κ2) is 11.6. The predicted molar refractivity (Wildman–Crippen MR) is 152 cm³/mol. The third-order valence-electron chi connectivity index (χ3n) is 7.19. The van der Waals surface area contributed by atoms with Gasteiger partial charge in [0.15, 0.2) is 5.78 Å². The van der Waals surface area contributed by atoms with Gasteiger partial charge in [-0.1, -0.05) is 17.3 Å². The Hall–Kier alpha value is -3.96. The zero-order chi connectivity index (χ0) is 28.3. The van der Waals surface area contributed by atoms with Crippen LogP contribution in [-0.4, -0.2) is 72.2 Å². The number of ether oxygens (including phenoxy) is 1. The molecule has 0 radical (unpaired) electrons. The minimum absolute atomic E-state index is 0.0165. The van der Waals surface area contributed by atoms with E-state index in [0.717, 1.165) is 43.0 Å². The second-order valence-corrected chi connectivity index (χ2v) is 11.3. The molecule has 0 spiro atoms. The van der Waals surface area contributed by atoms with Gasteiger partial charge >= 0.3 is 0 Å². The Kier molecular flexibility index (Phi) is 8.04.